The van der Waals surface area contributed by atoms with Crippen LogP contribution in [0.1, 0.15) is 5.82 Å². The van der Waals surface area contributed by atoms with Crippen LogP contribution in [-0.2, 0) is 13.6 Å². The maximum atomic E-state index is 5.45. The molecule has 2 N–H and O–H groups in total. The van der Waals surface area contributed by atoms with Crippen molar-refractivity contribution in [2.75, 3.05) is 0 Å². The molecule has 0 aliphatic carbocycles. The van der Waals surface area contributed by atoms with E-state index in [1.165, 1.54) is 0 Å². The van der Waals surface area contributed by atoms with Crippen LogP contribution < -0.4 is 5.73 Å². The number of hydrogen-bond acceptors (Lipinski definition) is 3. The average Bonchev–Trinajstić information content (AvgIpc) is 2.10. The van der Waals surface area contributed by atoms with Crippen molar-refractivity contribution in [1.29, 1.82) is 0 Å². The molecule has 0 saturated heterocycles. The monoisotopic (exact) mass is 146 g/mol. The maximum absolute atomic E-state index is 5.45. The summed E-state index contributed by atoms with van der Waals surface area (Å²) in [4.78, 5) is 3.82. The summed E-state index contributed by atoms with van der Waals surface area (Å²) < 4.78 is 1.56. The normalized spacial score (nSPS) is 10.1. The number of aryl methyl sites for hydroxylation is 1. The summed E-state index contributed by atoms with van der Waals surface area (Å²) in [5, 5.41) is 4.02. The van der Waals surface area contributed by atoms with Crippen LogP contribution in [0.25, 0.3) is 0 Å². The lowest BCUT2D eigenvalue weighted by Gasteiger charge is -1.90. The summed E-state index contributed by atoms with van der Waals surface area (Å²) in [5.41, 5.74) is 5.28. The molecule has 0 aliphatic heterocycles. The van der Waals surface area contributed by atoms with Crippen molar-refractivity contribution in [1.82, 2.24) is 14.8 Å². The molecule has 4 nitrogen and oxygen atoms in total. The van der Waals surface area contributed by atoms with Gasteiger partial charge in [0.25, 0.3) is 0 Å². The third-order valence-corrected chi connectivity index (χ3v) is 1.17. The number of aromatic nitrogens is 3. The van der Waals surface area contributed by atoms with Gasteiger partial charge in [-0.15, -0.1) is 5.10 Å². The lowest BCUT2D eigenvalue weighted by molar-refractivity contribution is 0.702. The van der Waals surface area contributed by atoms with Gasteiger partial charge in [0, 0.05) is 7.05 Å². The molecule has 0 radical (unpaired) electrons. The molecule has 0 spiro atoms. The Balaban J connectivity index is 3.01. The summed E-state index contributed by atoms with van der Waals surface area (Å²) in [6.45, 7) is 0.371. The first-order chi connectivity index (χ1) is 4.24. The summed E-state index contributed by atoms with van der Waals surface area (Å²) in [7, 11) is 1.75. The van der Waals surface area contributed by atoms with E-state index in [2.05, 4.69) is 10.1 Å². The van der Waals surface area contributed by atoms with E-state index in [0.717, 1.165) is 0 Å². The molecule has 0 amide bonds. The van der Waals surface area contributed by atoms with Gasteiger partial charge >= 0.3 is 0 Å². The summed E-state index contributed by atoms with van der Waals surface area (Å²) in [6.07, 6.45) is 0. The first-order valence-corrected chi connectivity index (χ1v) is 2.87. The predicted molar refractivity (Wildman–Crippen MR) is 33.9 cm³/mol. The number of nitrogens with zero attached hydrogens (tertiary/aromatic N) is 3. The van der Waals surface area contributed by atoms with Crippen molar-refractivity contribution in [2.24, 2.45) is 12.8 Å². The third-order valence-electron chi connectivity index (χ3n) is 1.01. The molecule has 0 saturated carbocycles. The molecule has 1 aromatic rings. The van der Waals surface area contributed by atoms with Crippen molar-refractivity contribution in [2.45, 2.75) is 6.54 Å². The molecule has 0 bridgehead atoms. The van der Waals surface area contributed by atoms with E-state index in [0.29, 0.717) is 12.4 Å². The highest BCUT2D eigenvalue weighted by Crippen LogP contribution is 2.00. The molecule has 1 heterocycles. The SMILES string of the molecule is Cn1nc(Cl)nc1CN. The molecule has 0 fully saturated rings. The standard InChI is InChI=1S/C4H7ClN4/c1-9-3(2-6)7-4(5)8-9/h2,6H2,1H3. The minimum absolute atomic E-state index is 0.248. The first-order valence-electron chi connectivity index (χ1n) is 2.49. The molecular formula is C4H7ClN4. The fraction of sp³-hybridized carbons (Fsp3) is 0.500. The maximum Gasteiger partial charge on any atom is 0.242 e. The Kier molecular flexibility index (Phi) is 1.68. The van der Waals surface area contributed by atoms with Gasteiger partial charge in [0.15, 0.2) is 0 Å². The fourth-order valence-corrected chi connectivity index (χ4v) is 0.771. The van der Waals surface area contributed by atoms with Crippen LogP contribution in [0, 0.1) is 0 Å². The van der Waals surface area contributed by atoms with Gasteiger partial charge in [-0.3, -0.25) is 4.68 Å². The Morgan fingerprint density at radius 3 is 2.67 bits per heavy atom. The summed E-state index contributed by atoms with van der Waals surface area (Å²) in [6, 6.07) is 0. The average molecular weight is 147 g/mol. The number of hydrogen-bond donors (Lipinski definition) is 1. The summed E-state index contributed by atoms with van der Waals surface area (Å²) >= 11 is 5.45. The van der Waals surface area contributed by atoms with Crippen LogP contribution in [0.5, 0.6) is 0 Å². The van der Waals surface area contributed by atoms with Crippen LogP contribution in [0.15, 0.2) is 0 Å². The summed E-state index contributed by atoms with van der Waals surface area (Å²) in [5.74, 6) is 0.694. The highest BCUT2D eigenvalue weighted by Gasteiger charge is 2.00. The molecular weight excluding hydrogens is 140 g/mol. The quantitative estimate of drug-likeness (QED) is 0.604. The van der Waals surface area contributed by atoms with Gasteiger partial charge in [-0.05, 0) is 11.6 Å². The number of halogens is 1. The second kappa shape index (κ2) is 2.33. The van der Waals surface area contributed by atoms with Crippen LogP contribution in [0.3, 0.4) is 0 Å². The van der Waals surface area contributed by atoms with Gasteiger partial charge < -0.3 is 5.73 Å². The number of rotatable bonds is 1. The highest BCUT2D eigenvalue weighted by molar-refractivity contribution is 6.28. The second-order valence-corrected chi connectivity index (χ2v) is 1.96. The Morgan fingerprint density at radius 2 is 2.44 bits per heavy atom. The van der Waals surface area contributed by atoms with Crippen molar-refractivity contribution in [3.05, 3.63) is 11.1 Å². The van der Waals surface area contributed by atoms with E-state index in [1.807, 2.05) is 0 Å². The molecule has 0 aromatic carbocycles. The molecule has 9 heavy (non-hydrogen) atoms. The van der Waals surface area contributed by atoms with Gasteiger partial charge in [-0.2, -0.15) is 0 Å². The minimum atomic E-state index is 0.248. The van der Waals surface area contributed by atoms with E-state index in [-0.39, 0.29) is 5.28 Å². The third kappa shape index (κ3) is 1.20. The molecule has 0 atom stereocenters. The Morgan fingerprint density at radius 1 is 1.78 bits per heavy atom. The van der Waals surface area contributed by atoms with Crippen LogP contribution in [-0.4, -0.2) is 14.8 Å². The van der Waals surface area contributed by atoms with E-state index in [4.69, 9.17) is 17.3 Å². The van der Waals surface area contributed by atoms with Crippen molar-refractivity contribution in [3.8, 4) is 0 Å². The highest BCUT2D eigenvalue weighted by atomic mass is 35.5. The van der Waals surface area contributed by atoms with Gasteiger partial charge in [-0.25, -0.2) is 4.98 Å². The van der Waals surface area contributed by atoms with E-state index < -0.39 is 0 Å². The van der Waals surface area contributed by atoms with Crippen molar-refractivity contribution < 1.29 is 0 Å². The lowest BCUT2D eigenvalue weighted by atomic mass is 10.6. The van der Waals surface area contributed by atoms with Gasteiger partial charge in [0.2, 0.25) is 5.28 Å². The molecule has 0 unspecified atom stereocenters. The van der Waals surface area contributed by atoms with E-state index >= 15 is 0 Å². The molecule has 5 heteroatoms. The van der Waals surface area contributed by atoms with E-state index in [9.17, 15) is 0 Å². The largest absolute Gasteiger partial charge is 0.324 e. The van der Waals surface area contributed by atoms with Gasteiger partial charge in [0.05, 0.1) is 6.54 Å². The fourth-order valence-electron chi connectivity index (χ4n) is 0.560. The Labute approximate surface area is 57.6 Å². The minimum Gasteiger partial charge on any atom is -0.324 e. The molecule has 0 aliphatic rings. The van der Waals surface area contributed by atoms with Crippen LogP contribution >= 0.6 is 11.6 Å². The molecule has 1 rings (SSSR count). The predicted octanol–water partition coefficient (Wildman–Crippen LogP) is -0.0728. The lowest BCUT2D eigenvalue weighted by Crippen LogP contribution is -2.05. The van der Waals surface area contributed by atoms with Gasteiger partial charge in [0.1, 0.15) is 5.82 Å². The Bertz CT molecular complexity index is 206. The smallest absolute Gasteiger partial charge is 0.242 e. The van der Waals surface area contributed by atoms with Crippen LogP contribution in [0.2, 0.25) is 5.28 Å². The topological polar surface area (TPSA) is 56.7 Å². The molecule has 50 valence electrons. The first kappa shape index (κ1) is 6.51. The zero-order valence-corrected chi connectivity index (χ0v) is 5.76. The second-order valence-electron chi connectivity index (χ2n) is 1.62. The van der Waals surface area contributed by atoms with Crippen molar-refractivity contribution >= 4 is 11.6 Å². The van der Waals surface area contributed by atoms with Gasteiger partial charge in [-0.1, -0.05) is 0 Å². The Hall–Kier alpha value is -0.610. The van der Waals surface area contributed by atoms with Crippen LogP contribution in [0.4, 0.5) is 0 Å². The zero-order valence-electron chi connectivity index (χ0n) is 5.00. The van der Waals surface area contributed by atoms with Crippen molar-refractivity contribution in [3.63, 3.8) is 0 Å². The van der Waals surface area contributed by atoms with E-state index in [1.54, 1.807) is 11.7 Å². The zero-order chi connectivity index (χ0) is 6.85. The molecule has 1 aromatic heterocycles. The number of nitrogens with two attached hydrogens (primary N) is 1.